The topological polar surface area (TPSA) is 45.7 Å². The molecule has 0 unspecified atom stereocenters. The van der Waals surface area contributed by atoms with Crippen LogP contribution < -0.4 is 10.6 Å². The largest absolute Gasteiger partial charge is 0.379 e. The highest BCUT2D eigenvalue weighted by atomic mass is 16.5. The molecule has 2 N–H and O–H groups in total. The second-order valence-corrected chi connectivity index (χ2v) is 4.81. The second-order valence-electron chi connectivity index (χ2n) is 4.81. The molecule has 0 aromatic rings. The standard InChI is InChI=1S/C13H29N3O/c1-6-14-13(16-10-11(2)3)15-8-7-9-17-12(4)5/h11-12H,6-10H2,1-5H3,(H2,14,15,16). The number of hydrogen-bond donors (Lipinski definition) is 2. The van der Waals surface area contributed by atoms with Crippen molar-refractivity contribution in [2.45, 2.75) is 47.1 Å². The van der Waals surface area contributed by atoms with E-state index in [1.54, 1.807) is 0 Å². The van der Waals surface area contributed by atoms with Crippen LogP contribution in [0.25, 0.3) is 0 Å². The SMILES string of the molecule is CCNC(=NCC(C)C)NCCCOC(C)C. The highest BCUT2D eigenvalue weighted by molar-refractivity contribution is 5.79. The van der Waals surface area contributed by atoms with Gasteiger partial charge in [-0.1, -0.05) is 13.8 Å². The van der Waals surface area contributed by atoms with Crippen molar-refractivity contribution in [2.75, 3.05) is 26.2 Å². The van der Waals surface area contributed by atoms with E-state index in [1.807, 2.05) is 0 Å². The third kappa shape index (κ3) is 11.5. The molecular weight excluding hydrogens is 214 g/mol. The first-order valence-electron chi connectivity index (χ1n) is 6.70. The van der Waals surface area contributed by atoms with Gasteiger partial charge in [0.05, 0.1) is 6.10 Å². The molecule has 0 fully saturated rings. The lowest BCUT2D eigenvalue weighted by atomic mass is 10.2. The van der Waals surface area contributed by atoms with Crippen molar-refractivity contribution in [2.24, 2.45) is 10.9 Å². The summed E-state index contributed by atoms with van der Waals surface area (Å²) in [4.78, 5) is 4.50. The van der Waals surface area contributed by atoms with Crippen molar-refractivity contribution in [3.8, 4) is 0 Å². The van der Waals surface area contributed by atoms with E-state index >= 15 is 0 Å². The second kappa shape index (κ2) is 10.4. The zero-order chi connectivity index (χ0) is 13.1. The molecule has 0 aliphatic heterocycles. The maximum absolute atomic E-state index is 5.48. The highest BCUT2D eigenvalue weighted by Gasteiger charge is 1.98. The van der Waals surface area contributed by atoms with Gasteiger partial charge < -0.3 is 15.4 Å². The van der Waals surface area contributed by atoms with Crippen LogP contribution in [0.5, 0.6) is 0 Å². The fraction of sp³-hybridized carbons (Fsp3) is 0.923. The summed E-state index contributed by atoms with van der Waals surface area (Å²) in [7, 11) is 0. The van der Waals surface area contributed by atoms with E-state index in [2.05, 4.69) is 50.2 Å². The Morgan fingerprint density at radius 2 is 1.88 bits per heavy atom. The van der Waals surface area contributed by atoms with Gasteiger partial charge in [-0.25, -0.2) is 0 Å². The van der Waals surface area contributed by atoms with E-state index in [-0.39, 0.29) is 0 Å². The van der Waals surface area contributed by atoms with Crippen LogP contribution in [0.1, 0.15) is 41.0 Å². The minimum atomic E-state index is 0.317. The van der Waals surface area contributed by atoms with Crippen LogP contribution in [0.3, 0.4) is 0 Å². The molecule has 0 aliphatic rings. The first-order valence-corrected chi connectivity index (χ1v) is 6.70. The van der Waals surface area contributed by atoms with Gasteiger partial charge in [0.2, 0.25) is 0 Å². The molecule has 0 spiro atoms. The van der Waals surface area contributed by atoms with Crippen LogP contribution in [0.2, 0.25) is 0 Å². The summed E-state index contributed by atoms with van der Waals surface area (Å²) in [6.45, 7) is 14.0. The first-order chi connectivity index (χ1) is 8.06. The Balaban J connectivity index is 3.73. The monoisotopic (exact) mass is 243 g/mol. The van der Waals surface area contributed by atoms with Gasteiger partial charge in [0.15, 0.2) is 5.96 Å². The number of nitrogens with zero attached hydrogens (tertiary/aromatic N) is 1. The minimum absolute atomic E-state index is 0.317. The molecule has 0 rings (SSSR count). The summed E-state index contributed by atoms with van der Waals surface area (Å²) in [5.41, 5.74) is 0. The minimum Gasteiger partial charge on any atom is -0.379 e. The van der Waals surface area contributed by atoms with Gasteiger partial charge in [-0.2, -0.15) is 0 Å². The third-order valence-electron chi connectivity index (χ3n) is 2.02. The number of nitrogens with one attached hydrogen (secondary N) is 2. The molecule has 0 saturated carbocycles. The van der Waals surface area contributed by atoms with E-state index in [4.69, 9.17) is 4.74 Å². The Bertz CT molecular complexity index is 203. The van der Waals surface area contributed by atoms with Gasteiger partial charge in [-0.3, -0.25) is 4.99 Å². The Labute approximate surface area is 106 Å². The van der Waals surface area contributed by atoms with Crippen molar-refractivity contribution in [3.05, 3.63) is 0 Å². The zero-order valence-corrected chi connectivity index (χ0v) is 12.0. The average molecular weight is 243 g/mol. The summed E-state index contributed by atoms with van der Waals surface area (Å²) in [6.07, 6.45) is 1.32. The Hall–Kier alpha value is -0.770. The molecule has 0 saturated heterocycles. The van der Waals surface area contributed by atoms with Crippen LogP contribution in [0.4, 0.5) is 0 Å². The fourth-order valence-corrected chi connectivity index (χ4v) is 1.21. The van der Waals surface area contributed by atoms with Crippen molar-refractivity contribution >= 4 is 5.96 Å². The number of aliphatic imine (C=N–C) groups is 1. The van der Waals surface area contributed by atoms with Crippen LogP contribution in [0.15, 0.2) is 4.99 Å². The van der Waals surface area contributed by atoms with Gasteiger partial charge in [-0.15, -0.1) is 0 Å². The Kier molecular flexibility index (Phi) is 9.92. The van der Waals surface area contributed by atoms with Gasteiger partial charge in [0.25, 0.3) is 0 Å². The first kappa shape index (κ1) is 16.2. The molecule has 0 radical (unpaired) electrons. The van der Waals surface area contributed by atoms with E-state index in [9.17, 15) is 0 Å². The predicted octanol–water partition coefficient (Wildman–Crippen LogP) is 2.01. The normalized spacial score (nSPS) is 12.3. The van der Waals surface area contributed by atoms with Crippen LogP contribution >= 0.6 is 0 Å². The quantitative estimate of drug-likeness (QED) is 0.389. The average Bonchev–Trinajstić information content (AvgIpc) is 2.24. The summed E-state index contributed by atoms with van der Waals surface area (Å²) in [5, 5.41) is 6.54. The summed E-state index contributed by atoms with van der Waals surface area (Å²) in [5.74, 6) is 1.50. The zero-order valence-electron chi connectivity index (χ0n) is 12.0. The molecular formula is C13H29N3O. The fourth-order valence-electron chi connectivity index (χ4n) is 1.21. The molecule has 0 aromatic carbocycles. The summed E-state index contributed by atoms with van der Waals surface area (Å²) < 4.78 is 5.48. The Morgan fingerprint density at radius 3 is 2.41 bits per heavy atom. The molecule has 0 aromatic heterocycles. The molecule has 0 atom stereocenters. The van der Waals surface area contributed by atoms with Gasteiger partial charge >= 0.3 is 0 Å². The smallest absolute Gasteiger partial charge is 0.191 e. The number of guanidine groups is 1. The van der Waals surface area contributed by atoms with Gasteiger partial charge in [-0.05, 0) is 33.1 Å². The number of hydrogen-bond acceptors (Lipinski definition) is 2. The maximum Gasteiger partial charge on any atom is 0.191 e. The lowest BCUT2D eigenvalue weighted by molar-refractivity contribution is 0.0776. The van der Waals surface area contributed by atoms with E-state index in [0.717, 1.165) is 38.6 Å². The highest BCUT2D eigenvalue weighted by Crippen LogP contribution is 1.92. The lowest BCUT2D eigenvalue weighted by Crippen LogP contribution is -2.38. The molecule has 102 valence electrons. The van der Waals surface area contributed by atoms with E-state index < -0.39 is 0 Å². The van der Waals surface area contributed by atoms with Crippen LogP contribution in [-0.2, 0) is 4.74 Å². The van der Waals surface area contributed by atoms with E-state index in [0.29, 0.717) is 12.0 Å². The van der Waals surface area contributed by atoms with Crippen molar-refractivity contribution in [1.82, 2.24) is 10.6 Å². The summed E-state index contributed by atoms with van der Waals surface area (Å²) >= 11 is 0. The van der Waals surface area contributed by atoms with Gasteiger partial charge in [0.1, 0.15) is 0 Å². The van der Waals surface area contributed by atoms with Crippen molar-refractivity contribution in [1.29, 1.82) is 0 Å². The molecule has 4 nitrogen and oxygen atoms in total. The third-order valence-corrected chi connectivity index (χ3v) is 2.02. The Morgan fingerprint density at radius 1 is 1.18 bits per heavy atom. The molecule has 0 bridgehead atoms. The number of ether oxygens (including phenoxy) is 1. The molecule has 0 heterocycles. The van der Waals surface area contributed by atoms with Gasteiger partial charge in [0, 0.05) is 26.2 Å². The van der Waals surface area contributed by atoms with Crippen LogP contribution in [-0.4, -0.2) is 38.3 Å². The summed E-state index contributed by atoms with van der Waals surface area (Å²) in [6, 6.07) is 0. The predicted molar refractivity (Wildman–Crippen MR) is 74.5 cm³/mol. The van der Waals surface area contributed by atoms with Crippen LogP contribution in [0, 0.1) is 5.92 Å². The van der Waals surface area contributed by atoms with Crippen molar-refractivity contribution < 1.29 is 4.74 Å². The molecule has 0 aliphatic carbocycles. The lowest BCUT2D eigenvalue weighted by Gasteiger charge is -2.12. The van der Waals surface area contributed by atoms with E-state index in [1.165, 1.54) is 0 Å². The maximum atomic E-state index is 5.48. The van der Waals surface area contributed by atoms with Crippen molar-refractivity contribution in [3.63, 3.8) is 0 Å². The number of rotatable bonds is 8. The molecule has 17 heavy (non-hydrogen) atoms. The molecule has 0 amide bonds. The molecule has 4 heteroatoms.